The number of aliphatic hydroxyl groups excluding tert-OH is 3. The number of amides is 4. The molecule has 0 aromatic heterocycles. The lowest BCUT2D eigenvalue weighted by Crippen LogP contribution is -2.74. The average Bonchev–Trinajstić information content (AvgIpc) is 3.23. The minimum atomic E-state index is -2.09. The highest BCUT2D eigenvalue weighted by Crippen LogP contribution is 2.39. The highest BCUT2D eigenvalue weighted by molar-refractivity contribution is 6.22. The fourth-order valence-electron chi connectivity index (χ4n) is 9.48. The van der Waals surface area contributed by atoms with E-state index in [1.807, 2.05) is 0 Å². The topological polar surface area (TPSA) is 386 Å². The van der Waals surface area contributed by atoms with E-state index in [2.05, 4.69) is 26.6 Å². The molecule has 21 atom stereocenters. The van der Waals surface area contributed by atoms with Crippen molar-refractivity contribution in [3.8, 4) is 0 Å². The molecule has 4 amide bonds. The number of carbonyl (C=O) groups excluding carboxylic acids is 5. The second kappa shape index (κ2) is 25.9. The first-order valence-corrected chi connectivity index (χ1v) is 23.9. The molecule has 4 fully saturated rings. The minimum Gasteiger partial charge on any atom is -0.479 e. The summed E-state index contributed by atoms with van der Waals surface area (Å²) < 4.78 is 62.0. The number of hydrogen-bond donors (Lipinski definition) is 11. The predicted octanol–water partition coefficient (Wildman–Crippen LogP) is -3.58. The van der Waals surface area contributed by atoms with Crippen molar-refractivity contribution in [3.63, 3.8) is 0 Å². The maximum atomic E-state index is 13.7. The second-order valence-corrected chi connectivity index (χ2v) is 19.5. The van der Waals surface area contributed by atoms with Crippen molar-refractivity contribution in [1.82, 2.24) is 26.6 Å². The van der Waals surface area contributed by atoms with Crippen molar-refractivity contribution in [2.45, 2.75) is 237 Å². The summed E-state index contributed by atoms with van der Waals surface area (Å²) in [6.45, 7) is 18.6. The molecule has 20 unspecified atom stereocenters. The zero-order valence-corrected chi connectivity index (χ0v) is 43.0. The lowest BCUT2D eigenvalue weighted by atomic mass is 9.83. The third-order valence-electron chi connectivity index (χ3n) is 12.3. The summed E-state index contributed by atoms with van der Waals surface area (Å²) in [5.41, 5.74) is 4.16. The molecule has 0 aliphatic carbocycles. The van der Waals surface area contributed by atoms with E-state index in [0.717, 1.165) is 13.8 Å². The molecular formula is C44H76BN7O20. The average molecular weight is 1030 g/mol. The summed E-state index contributed by atoms with van der Waals surface area (Å²) in [5.74, 6) is -5.31. The van der Waals surface area contributed by atoms with Gasteiger partial charge >= 0.3 is 19.6 Å². The fourth-order valence-corrected chi connectivity index (χ4v) is 9.48. The molecule has 72 heavy (non-hydrogen) atoms. The molecule has 4 heterocycles. The lowest BCUT2D eigenvalue weighted by molar-refractivity contribution is -0.333. The molecule has 0 aromatic carbocycles. The number of carbonyl (C=O) groups is 6. The van der Waals surface area contributed by atoms with Crippen LogP contribution in [0.1, 0.15) is 96.4 Å². The second-order valence-electron chi connectivity index (χ2n) is 19.5. The molecule has 4 saturated heterocycles. The zero-order valence-electron chi connectivity index (χ0n) is 43.0. The minimum absolute atomic E-state index is 0.149. The molecule has 0 saturated carbocycles. The molecule has 28 heteroatoms. The van der Waals surface area contributed by atoms with E-state index in [1.54, 1.807) is 34.6 Å². The Morgan fingerprint density at radius 1 is 0.667 bits per heavy atom. The van der Waals surface area contributed by atoms with E-state index in [9.17, 15) is 49.2 Å². The number of nitrogens with two attached hydrogens (primary N) is 1. The van der Waals surface area contributed by atoms with Gasteiger partial charge in [-0.05, 0) is 62.3 Å². The van der Waals surface area contributed by atoms with Crippen LogP contribution in [-0.4, -0.2) is 210 Å². The van der Waals surface area contributed by atoms with Gasteiger partial charge in [0, 0.05) is 27.7 Å². The van der Waals surface area contributed by atoms with E-state index in [-0.39, 0.29) is 13.5 Å². The lowest BCUT2D eigenvalue weighted by Gasteiger charge is -2.54. The Hall–Kier alpha value is -4.17. The normalized spacial score (nSPS) is 37.6. The molecular weight excluding hydrogens is 957 g/mol. The van der Waals surface area contributed by atoms with Crippen LogP contribution in [0.25, 0.3) is 0 Å². The van der Waals surface area contributed by atoms with Crippen LogP contribution in [0.4, 0.5) is 0 Å². The summed E-state index contributed by atoms with van der Waals surface area (Å²) in [5, 5.41) is 66.0. The maximum Gasteiger partial charge on any atom is 0.360 e. The Balaban J connectivity index is 1.84. The highest BCUT2D eigenvalue weighted by Gasteiger charge is 2.59. The van der Waals surface area contributed by atoms with Crippen molar-refractivity contribution >= 4 is 49.0 Å². The van der Waals surface area contributed by atoms with Gasteiger partial charge in [0.2, 0.25) is 23.6 Å². The number of hydrogen-bond acceptors (Lipinski definition) is 21. The molecule has 12 N–H and O–H groups in total. The summed E-state index contributed by atoms with van der Waals surface area (Å²) >= 11 is 0. The molecule has 0 aromatic rings. The van der Waals surface area contributed by atoms with Crippen LogP contribution in [-0.2, 0) is 76.1 Å². The Labute approximate surface area is 419 Å². The molecule has 0 radical (unpaired) electrons. The highest BCUT2D eigenvalue weighted by atomic mass is 16.7. The third-order valence-corrected chi connectivity index (χ3v) is 12.3. The van der Waals surface area contributed by atoms with Gasteiger partial charge in [-0.1, -0.05) is 0 Å². The smallest absolute Gasteiger partial charge is 0.360 e. The first kappa shape index (κ1) is 60.4. The number of carboxylic acids is 1. The number of ether oxygens (including phenoxy) is 9. The van der Waals surface area contributed by atoms with E-state index >= 15 is 0 Å². The largest absolute Gasteiger partial charge is 0.479 e. The van der Waals surface area contributed by atoms with E-state index < -0.39 is 182 Å². The Kier molecular flexibility index (Phi) is 21.7. The van der Waals surface area contributed by atoms with Crippen molar-refractivity contribution in [2.24, 2.45) is 5.64 Å². The van der Waals surface area contributed by atoms with Crippen molar-refractivity contribution in [3.05, 3.63) is 0 Å². The Bertz CT molecular complexity index is 1900. The first-order valence-electron chi connectivity index (χ1n) is 23.9. The molecule has 27 nitrogen and oxygen atoms in total. The predicted molar refractivity (Wildman–Crippen MR) is 249 cm³/mol. The van der Waals surface area contributed by atoms with Crippen LogP contribution in [0.5, 0.6) is 0 Å². The monoisotopic (exact) mass is 1030 g/mol. The van der Waals surface area contributed by atoms with Crippen LogP contribution >= 0.6 is 0 Å². The van der Waals surface area contributed by atoms with Crippen LogP contribution in [0.15, 0.2) is 0 Å². The number of nitrogens with one attached hydrogen (secondary N) is 6. The van der Waals surface area contributed by atoms with E-state index in [1.165, 1.54) is 41.5 Å². The summed E-state index contributed by atoms with van der Waals surface area (Å²) in [7, 11) is -0.311. The van der Waals surface area contributed by atoms with Gasteiger partial charge in [-0.3, -0.25) is 29.4 Å². The van der Waals surface area contributed by atoms with Crippen molar-refractivity contribution in [1.29, 1.82) is 5.41 Å². The van der Waals surface area contributed by atoms with Gasteiger partial charge in [0.1, 0.15) is 60.9 Å². The van der Waals surface area contributed by atoms with Crippen molar-refractivity contribution in [2.75, 3.05) is 0 Å². The summed E-state index contributed by atoms with van der Waals surface area (Å²) in [4.78, 5) is 78.4. The number of aliphatic carboxylic acids is 1. The zero-order chi connectivity index (χ0) is 54.3. The first-order chi connectivity index (χ1) is 33.5. The molecule has 4 aliphatic heterocycles. The number of carboxylic acid groups (broad SMARTS) is 1. The van der Waals surface area contributed by atoms with Gasteiger partial charge in [0.05, 0.1) is 60.5 Å². The Morgan fingerprint density at radius 2 is 1.18 bits per heavy atom. The van der Waals surface area contributed by atoms with Crippen molar-refractivity contribution < 1.29 is 96.5 Å². The quantitative estimate of drug-likeness (QED) is 0.0243. The van der Waals surface area contributed by atoms with Gasteiger partial charge in [-0.15, -0.1) is 0 Å². The number of amidine groups is 1. The summed E-state index contributed by atoms with van der Waals surface area (Å²) in [6, 6.07) is -6.84. The SMILES string of the molecule is CC(=N)NC1C(OC(C)=O)C(OC2OC(C(=O)O)C(OC3OC(C)C(O)C(OC(C)C)C3NC(C)=O)C(NC(=O)C[C@@H](C)O)C2NC(C)=O)C(C)OC1C(C)(C)OC1C(O)C(C)OC(OBN)C1NC(C)=O. The molecule has 0 bridgehead atoms. The Morgan fingerprint density at radius 3 is 1.68 bits per heavy atom. The fraction of sp³-hybridized carbons (Fsp3) is 0.841. The molecule has 410 valence electrons. The van der Waals surface area contributed by atoms with Crippen LogP contribution in [0, 0.1) is 5.41 Å². The standard InChI is InChI=1S/C44H76BN7O20/c1-15(2)63-34-29(50-22(9)55)42(65-17(4)31(34)59)69-36-26(52-25(58)14-16(3)53)27(49-21(8)54)41(70-38(36)40(61)62)68-33-19(6)64-39(28(48-20(7)46)37(33)67-24(11)57)44(12,13)71-35-30(51-23(10)56)43(72-45-47)66-18(5)32(35)60/h15-19,26-39,41-43,45,53,59-60H,14,47H2,1-13H3,(H2,46,48)(H,49,54)(H,50,55)(H,51,56)(H,52,58)(H,61,62)/t16-,17?,18?,19?,26?,27?,28?,29?,30?,31?,32?,33?,34?,35?,36?,37?,38?,39?,41?,42?,43?/m1/s1. The van der Waals surface area contributed by atoms with E-state index in [0.29, 0.717) is 0 Å². The van der Waals surface area contributed by atoms with Gasteiger partial charge in [-0.25, -0.2) is 4.79 Å². The van der Waals surface area contributed by atoms with Crippen LogP contribution < -0.4 is 32.2 Å². The molecule has 0 spiro atoms. The third kappa shape index (κ3) is 15.5. The summed E-state index contributed by atoms with van der Waals surface area (Å²) in [6.07, 6.45) is -23.0. The molecule has 4 aliphatic rings. The van der Waals surface area contributed by atoms with Gasteiger partial charge in [0.15, 0.2) is 31.1 Å². The maximum absolute atomic E-state index is 13.7. The van der Waals surface area contributed by atoms with Crippen LogP contribution in [0.3, 0.4) is 0 Å². The molecule has 4 rings (SSSR count). The van der Waals surface area contributed by atoms with E-state index in [4.69, 9.17) is 58.3 Å². The number of aliphatic hydroxyl groups is 3. The van der Waals surface area contributed by atoms with Gasteiger partial charge < -0.3 is 99.9 Å². The number of esters is 1. The van der Waals surface area contributed by atoms with Gasteiger partial charge in [0.25, 0.3) is 0 Å². The number of rotatable bonds is 20. The van der Waals surface area contributed by atoms with Gasteiger partial charge in [-0.2, -0.15) is 0 Å². The van der Waals surface area contributed by atoms with Crippen LogP contribution in [0.2, 0.25) is 0 Å².